The first-order chi connectivity index (χ1) is 9.63. The molecule has 1 aromatic rings. The van der Waals surface area contributed by atoms with Crippen LogP contribution in [0.1, 0.15) is 0 Å². The van der Waals surface area contributed by atoms with E-state index in [0.717, 1.165) is 5.69 Å². The molecule has 0 aliphatic carbocycles. The van der Waals surface area contributed by atoms with E-state index in [9.17, 15) is 15.3 Å². The van der Waals surface area contributed by atoms with Crippen molar-refractivity contribution in [2.75, 3.05) is 11.5 Å². The maximum Gasteiger partial charge on any atom is 0.176 e. The molecule has 1 aromatic carbocycles. The smallest absolute Gasteiger partial charge is 0.176 e. The number of rotatable bonds is 2. The SMILES string of the molecule is OC[C@@H]1O[C@@H]2[C@H](NC(=S)N2c2ccccc2)[C@H](O)[C@@H]1O. The predicted octanol–water partition coefficient (Wildman–Crippen LogP) is -0.811. The number of ether oxygens (including phenoxy) is 1. The summed E-state index contributed by atoms with van der Waals surface area (Å²) in [6.45, 7) is -0.364. The van der Waals surface area contributed by atoms with Crippen molar-refractivity contribution in [1.29, 1.82) is 0 Å². The van der Waals surface area contributed by atoms with Crippen LogP contribution in [0.4, 0.5) is 5.69 Å². The molecule has 2 aliphatic heterocycles. The normalized spacial score (nSPS) is 36.6. The van der Waals surface area contributed by atoms with Gasteiger partial charge in [-0.25, -0.2) is 0 Å². The Balaban J connectivity index is 1.92. The van der Waals surface area contributed by atoms with Gasteiger partial charge in [-0.3, -0.25) is 4.90 Å². The van der Waals surface area contributed by atoms with Gasteiger partial charge in [-0.1, -0.05) is 18.2 Å². The summed E-state index contributed by atoms with van der Waals surface area (Å²) in [5.74, 6) is 0. The van der Waals surface area contributed by atoms with Crippen LogP contribution in [0.15, 0.2) is 30.3 Å². The Morgan fingerprint density at radius 1 is 1.20 bits per heavy atom. The van der Waals surface area contributed by atoms with Gasteiger partial charge in [0.1, 0.15) is 24.4 Å². The molecule has 2 saturated heterocycles. The lowest BCUT2D eigenvalue weighted by molar-refractivity contribution is -0.184. The van der Waals surface area contributed by atoms with Gasteiger partial charge in [-0.2, -0.15) is 0 Å². The minimum absolute atomic E-state index is 0.364. The second kappa shape index (κ2) is 5.27. The summed E-state index contributed by atoms with van der Waals surface area (Å²) < 4.78 is 5.70. The van der Waals surface area contributed by atoms with Crippen LogP contribution >= 0.6 is 12.2 Å². The van der Waals surface area contributed by atoms with E-state index in [4.69, 9.17) is 17.0 Å². The Morgan fingerprint density at radius 2 is 1.90 bits per heavy atom. The standard InChI is InChI=1S/C13H16N2O4S/c16-6-8-10(17)11(18)9-12(19-8)15(13(20)14-9)7-4-2-1-3-5-7/h1-5,8-12,16-18H,6H2,(H,14,20)/t8-,9+,10+,11-,12+/m0/s1. The second-order valence-electron chi connectivity index (χ2n) is 4.91. The summed E-state index contributed by atoms with van der Waals surface area (Å²) in [5, 5.41) is 32.7. The molecule has 0 aromatic heterocycles. The van der Waals surface area contributed by atoms with Crippen LogP contribution in [0.2, 0.25) is 0 Å². The number of para-hydroxylation sites is 1. The van der Waals surface area contributed by atoms with E-state index in [1.165, 1.54) is 0 Å². The van der Waals surface area contributed by atoms with Crippen LogP contribution in [0.5, 0.6) is 0 Å². The van der Waals surface area contributed by atoms with Crippen molar-refractivity contribution in [3.63, 3.8) is 0 Å². The van der Waals surface area contributed by atoms with Crippen LogP contribution in [0, 0.1) is 0 Å². The molecule has 0 radical (unpaired) electrons. The number of aliphatic hydroxyl groups is 3. The third kappa shape index (κ3) is 2.07. The molecule has 0 bridgehead atoms. The Morgan fingerprint density at radius 3 is 2.55 bits per heavy atom. The highest BCUT2D eigenvalue weighted by molar-refractivity contribution is 7.80. The van der Waals surface area contributed by atoms with E-state index >= 15 is 0 Å². The molecule has 6 nitrogen and oxygen atoms in total. The van der Waals surface area contributed by atoms with Gasteiger partial charge in [0.2, 0.25) is 0 Å². The van der Waals surface area contributed by atoms with Gasteiger partial charge in [0, 0.05) is 5.69 Å². The average molecular weight is 296 g/mol. The molecule has 3 rings (SSSR count). The highest BCUT2D eigenvalue weighted by Gasteiger charge is 2.51. The number of anilines is 1. The number of aliphatic hydroxyl groups excluding tert-OH is 3. The van der Waals surface area contributed by atoms with Gasteiger partial charge in [0.15, 0.2) is 11.3 Å². The monoisotopic (exact) mass is 296 g/mol. The van der Waals surface area contributed by atoms with Crippen molar-refractivity contribution >= 4 is 23.0 Å². The topological polar surface area (TPSA) is 85.2 Å². The summed E-state index contributed by atoms with van der Waals surface area (Å²) in [6, 6.07) is 8.88. The van der Waals surface area contributed by atoms with Crippen molar-refractivity contribution in [3.8, 4) is 0 Å². The van der Waals surface area contributed by atoms with E-state index < -0.39 is 30.6 Å². The molecule has 108 valence electrons. The predicted molar refractivity (Wildman–Crippen MR) is 76.2 cm³/mol. The molecule has 20 heavy (non-hydrogen) atoms. The van der Waals surface area contributed by atoms with Crippen molar-refractivity contribution in [3.05, 3.63) is 30.3 Å². The molecule has 0 amide bonds. The minimum atomic E-state index is -1.15. The molecular weight excluding hydrogens is 280 g/mol. The minimum Gasteiger partial charge on any atom is -0.394 e. The first-order valence-electron chi connectivity index (χ1n) is 6.40. The Kier molecular flexibility index (Phi) is 3.61. The van der Waals surface area contributed by atoms with Gasteiger partial charge in [-0.05, 0) is 24.4 Å². The van der Waals surface area contributed by atoms with Crippen LogP contribution in [0.3, 0.4) is 0 Å². The highest BCUT2D eigenvalue weighted by atomic mass is 32.1. The molecular formula is C13H16N2O4S. The van der Waals surface area contributed by atoms with Crippen LogP contribution in [-0.2, 0) is 4.74 Å². The third-order valence-corrected chi connectivity index (χ3v) is 4.01. The summed E-state index contributed by atoms with van der Waals surface area (Å²) in [4.78, 5) is 1.75. The number of nitrogens with one attached hydrogen (secondary N) is 1. The fourth-order valence-corrected chi connectivity index (χ4v) is 3.00. The highest BCUT2D eigenvalue weighted by Crippen LogP contribution is 2.31. The summed E-state index contributed by atoms with van der Waals surface area (Å²) in [6.07, 6.45) is -3.59. The van der Waals surface area contributed by atoms with Gasteiger partial charge >= 0.3 is 0 Å². The first kappa shape index (κ1) is 13.7. The number of fused-ring (bicyclic) bond motifs is 1. The largest absolute Gasteiger partial charge is 0.394 e. The molecule has 2 heterocycles. The molecule has 0 saturated carbocycles. The zero-order chi connectivity index (χ0) is 14.3. The Bertz CT molecular complexity index is 500. The van der Waals surface area contributed by atoms with Crippen LogP contribution in [0.25, 0.3) is 0 Å². The maximum absolute atomic E-state index is 10.1. The number of hydrogen-bond donors (Lipinski definition) is 4. The van der Waals surface area contributed by atoms with Gasteiger partial charge < -0.3 is 25.4 Å². The first-order valence-corrected chi connectivity index (χ1v) is 6.81. The number of hydrogen-bond acceptors (Lipinski definition) is 5. The lowest BCUT2D eigenvalue weighted by Gasteiger charge is -2.40. The number of nitrogens with zero attached hydrogens (tertiary/aromatic N) is 1. The fraction of sp³-hybridized carbons (Fsp3) is 0.462. The molecule has 0 unspecified atom stereocenters. The van der Waals surface area contributed by atoms with Crippen molar-refractivity contribution in [2.24, 2.45) is 0 Å². The molecule has 0 spiro atoms. The Hall–Kier alpha value is -1.25. The van der Waals surface area contributed by atoms with E-state index in [2.05, 4.69) is 5.32 Å². The lowest BCUT2D eigenvalue weighted by atomic mass is 9.97. The van der Waals surface area contributed by atoms with E-state index in [1.54, 1.807) is 4.90 Å². The van der Waals surface area contributed by atoms with Crippen molar-refractivity contribution in [2.45, 2.75) is 30.6 Å². The summed E-state index contributed by atoms with van der Waals surface area (Å²) in [5.41, 5.74) is 0.831. The summed E-state index contributed by atoms with van der Waals surface area (Å²) in [7, 11) is 0. The second-order valence-corrected chi connectivity index (χ2v) is 5.30. The van der Waals surface area contributed by atoms with E-state index in [0.29, 0.717) is 5.11 Å². The number of benzene rings is 1. The molecule has 5 atom stereocenters. The zero-order valence-corrected chi connectivity index (χ0v) is 11.4. The molecule has 4 N–H and O–H groups in total. The van der Waals surface area contributed by atoms with Gasteiger partial charge in [-0.15, -0.1) is 0 Å². The van der Waals surface area contributed by atoms with E-state index in [1.807, 2.05) is 30.3 Å². The number of thiocarbonyl (C=S) groups is 1. The fourth-order valence-electron chi connectivity index (χ4n) is 2.65. The van der Waals surface area contributed by atoms with Gasteiger partial charge in [0.05, 0.1) is 6.61 Å². The molecule has 7 heteroatoms. The van der Waals surface area contributed by atoms with Crippen molar-refractivity contribution < 1.29 is 20.1 Å². The quantitative estimate of drug-likeness (QED) is 0.531. The van der Waals surface area contributed by atoms with Gasteiger partial charge in [0.25, 0.3) is 0 Å². The molecule has 2 fully saturated rings. The van der Waals surface area contributed by atoms with Crippen LogP contribution < -0.4 is 10.2 Å². The van der Waals surface area contributed by atoms with Crippen molar-refractivity contribution in [1.82, 2.24) is 5.32 Å². The Labute approximate surface area is 121 Å². The zero-order valence-electron chi connectivity index (χ0n) is 10.6. The van der Waals surface area contributed by atoms with E-state index in [-0.39, 0.29) is 6.61 Å². The maximum atomic E-state index is 10.1. The van der Waals surface area contributed by atoms with Crippen LogP contribution in [-0.4, -0.2) is 57.6 Å². The summed E-state index contributed by atoms with van der Waals surface area (Å²) >= 11 is 5.28. The average Bonchev–Trinajstić information content (AvgIpc) is 2.80. The molecule has 2 aliphatic rings. The third-order valence-electron chi connectivity index (χ3n) is 3.70. The lowest BCUT2D eigenvalue weighted by Crippen LogP contribution is -2.61.